The van der Waals surface area contributed by atoms with E-state index in [1.807, 2.05) is 27.7 Å². The van der Waals surface area contributed by atoms with Crippen molar-refractivity contribution in [3.05, 3.63) is 0 Å². The highest BCUT2D eigenvalue weighted by Gasteiger charge is 2.18. The molecule has 0 fully saturated rings. The number of rotatable bonds is 6. The van der Waals surface area contributed by atoms with Gasteiger partial charge in [0.15, 0.2) is 0 Å². The Morgan fingerprint density at radius 2 is 1.87 bits per heavy atom. The van der Waals surface area contributed by atoms with Gasteiger partial charge in [-0.25, -0.2) is 13.1 Å². The van der Waals surface area contributed by atoms with E-state index in [-0.39, 0.29) is 17.2 Å². The van der Waals surface area contributed by atoms with Crippen LogP contribution in [0.3, 0.4) is 0 Å². The standard InChI is InChI=1S/C10H24N2O2S/c1-9(5-7-11)12-15(13,14)8-6-10(2,3)4/h9,12H,5-8,11H2,1-4H3. The van der Waals surface area contributed by atoms with Crippen molar-refractivity contribution in [1.29, 1.82) is 0 Å². The van der Waals surface area contributed by atoms with Crippen molar-refractivity contribution in [2.24, 2.45) is 11.1 Å². The minimum atomic E-state index is -3.14. The molecule has 0 aliphatic heterocycles. The summed E-state index contributed by atoms with van der Waals surface area (Å²) >= 11 is 0. The first-order valence-electron chi connectivity index (χ1n) is 5.36. The molecule has 0 aromatic rings. The summed E-state index contributed by atoms with van der Waals surface area (Å²) in [5.74, 6) is 0.186. The predicted octanol–water partition coefficient (Wildman–Crippen LogP) is 1.08. The Bertz CT molecular complexity index is 268. The van der Waals surface area contributed by atoms with Crippen molar-refractivity contribution in [3.63, 3.8) is 0 Å². The van der Waals surface area contributed by atoms with Crippen molar-refractivity contribution in [2.45, 2.75) is 46.6 Å². The molecule has 1 atom stereocenters. The van der Waals surface area contributed by atoms with E-state index in [0.29, 0.717) is 19.4 Å². The van der Waals surface area contributed by atoms with Gasteiger partial charge in [-0.15, -0.1) is 0 Å². The highest BCUT2D eigenvalue weighted by molar-refractivity contribution is 7.89. The van der Waals surface area contributed by atoms with Crippen LogP contribution in [0.1, 0.15) is 40.5 Å². The van der Waals surface area contributed by atoms with Crippen LogP contribution in [0.2, 0.25) is 0 Å². The van der Waals surface area contributed by atoms with E-state index >= 15 is 0 Å². The van der Waals surface area contributed by atoms with Crippen molar-refractivity contribution >= 4 is 10.0 Å². The zero-order chi connectivity index (χ0) is 12.1. The molecule has 0 aromatic heterocycles. The Balaban J connectivity index is 4.09. The lowest BCUT2D eigenvalue weighted by Crippen LogP contribution is -2.36. The molecule has 0 amide bonds. The molecule has 92 valence electrons. The fourth-order valence-electron chi connectivity index (χ4n) is 1.11. The third kappa shape index (κ3) is 8.84. The lowest BCUT2D eigenvalue weighted by atomic mass is 9.94. The minimum absolute atomic E-state index is 0.0475. The summed E-state index contributed by atoms with van der Waals surface area (Å²) in [4.78, 5) is 0. The topological polar surface area (TPSA) is 72.2 Å². The Labute approximate surface area is 93.7 Å². The average Bonchev–Trinajstić information content (AvgIpc) is 1.99. The molecule has 0 saturated carbocycles. The molecule has 4 nitrogen and oxygen atoms in total. The van der Waals surface area contributed by atoms with E-state index in [4.69, 9.17) is 5.73 Å². The van der Waals surface area contributed by atoms with E-state index in [1.54, 1.807) is 0 Å². The fourth-order valence-corrected chi connectivity index (χ4v) is 2.84. The molecule has 0 radical (unpaired) electrons. The normalized spacial score (nSPS) is 15.3. The second-order valence-corrected chi connectivity index (χ2v) is 7.10. The largest absolute Gasteiger partial charge is 0.330 e. The maximum absolute atomic E-state index is 11.6. The SMILES string of the molecule is CC(CCN)NS(=O)(=O)CCC(C)(C)C. The highest BCUT2D eigenvalue weighted by Crippen LogP contribution is 2.18. The van der Waals surface area contributed by atoms with Crippen LogP contribution in [0.5, 0.6) is 0 Å². The molecular formula is C10H24N2O2S. The van der Waals surface area contributed by atoms with E-state index < -0.39 is 10.0 Å². The molecule has 0 rings (SSSR count). The van der Waals surface area contributed by atoms with Gasteiger partial charge in [-0.3, -0.25) is 0 Å². The van der Waals surface area contributed by atoms with Crippen LogP contribution in [-0.4, -0.2) is 26.8 Å². The number of nitrogens with two attached hydrogens (primary N) is 1. The molecule has 0 bridgehead atoms. The molecule has 0 aromatic carbocycles. The summed E-state index contributed by atoms with van der Waals surface area (Å²) in [5.41, 5.74) is 5.40. The molecule has 0 aliphatic carbocycles. The summed E-state index contributed by atoms with van der Waals surface area (Å²) in [6, 6.07) is -0.0695. The fraction of sp³-hybridized carbons (Fsp3) is 1.00. The number of sulfonamides is 1. The maximum atomic E-state index is 11.6. The molecule has 0 heterocycles. The van der Waals surface area contributed by atoms with E-state index in [1.165, 1.54) is 0 Å². The van der Waals surface area contributed by atoms with Gasteiger partial charge in [0, 0.05) is 6.04 Å². The van der Waals surface area contributed by atoms with Crippen molar-refractivity contribution in [1.82, 2.24) is 4.72 Å². The van der Waals surface area contributed by atoms with Crippen molar-refractivity contribution in [2.75, 3.05) is 12.3 Å². The van der Waals surface area contributed by atoms with Gasteiger partial charge in [-0.2, -0.15) is 0 Å². The molecule has 0 aliphatic rings. The van der Waals surface area contributed by atoms with Crippen LogP contribution in [-0.2, 0) is 10.0 Å². The number of nitrogens with one attached hydrogen (secondary N) is 1. The monoisotopic (exact) mass is 236 g/mol. The lowest BCUT2D eigenvalue weighted by Gasteiger charge is -2.19. The van der Waals surface area contributed by atoms with Crippen molar-refractivity contribution in [3.8, 4) is 0 Å². The van der Waals surface area contributed by atoms with Gasteiger partial charge in [-0.05, 0) is 31.7 Å². The second kappa shape index (κ2) is 5.82. The zero-order valence-corrected chi connectivity index (χ0v) is 11.0. The van der Waals surface area contributed by atoms with Crippen LogP contribution >= 0.6 is 0 Å². The van der Waals surface area contributed by atoms with Crippen LogP contribution in [0, 0.1) is 5.41 Å². The minimum Gasteiger partial charge on any atom is -0.330 e. The Hall–Kier alpha value is -0.130. The Kier molecular flexibility index (Phi) is 5.77. The molecule has 5 heteroatoms. The third-order valence-corrected chi connectivity index (χ3v) is 3.60. The predicted molar refractivity (Wildman–Crippen MR) is 64.1 cm³/mol. The van der Waals surface area contributed by atoms with Crippen LogP contribution in [0.15, 0.2) is 0 Å². The van der Waals surface area contributed by atoms with Gasteiger partial charge >= 0.3 is 0 Å². The summed E-state index contributed by atoms with van der Waals surface area (Å²) in [6.45, 7) is 8.44. The smallest absolute Gasteiger partial charge is 0.211 e. The summed E-state index contributed by atoms with van der Waals surface area (Å²) in [6.07, 6.45) is 1.34. The van der Waals surface area contributed by atoms with E-state index in [0.717, 1.165) is 0 Å². The summed E-state index contributed by atoms with van der Waals surface area (Å²) in [7, 11) is -3.14. The van der Waals surface area contributed by atoms with Gasteiger partial charge in [0.05, 0.1) is 5.75 Å². The van der Waals surface area contributed by atoms with Crippen LogP contribution in [0.25, 0.3) is 0 Å². The molecule has 0 saturated heterocycles. The average molecular weight is 236 g/mol. The first-order chi connectivity index (χ1) is 6.66. The molecule has 15 heavy (non-hydrogen) atoms. The van der Waals surface area contributed by atoms with E-state index in [9.17, 15) is 8.42 Å². The summed E-state index contributed by atoms with van der Waals surface area (Å²) < 4.78 is 25.8. The molecule has 3 N–H and O–H groups in total. The maximum Gasteiger partial charge on any atom is 0.211 e. The second-order valence-electron chi connectivity index (χ2n) is 5.23. The van der Waals surface area contributed by atoms with Gasteiger partial charge < -0.3 is 5.73 Å². The zero-order valence-electron chi connectivity index (χ0n) is 10.2. The van der Waals surface area contributed by atoms with Gasteiger partial charge in [0.2, 0.25) is 10.0 Å². The Morgan fingerprint density at radius 3 is 2.27 bits per heavy atom. The molecular weight excluding hydrogens is 212 g/mol. The first kappa shape index (κ1) is 14.9. The number of hydrogen-bond acceptors (Lipinski definition) is 3. The van der Waals surface area contributed by atoms with Gasteiger partial charge in [0.1, 0.15) is 0 Å². The van der Waals surface area contributed by atoms with Crippen molar-refractivity contribution < 1.29 is 8.42 Å². The highest BCUT2D eigenvalue weighted by atomic mass is 32.2. The number of hydrogen-bond donors (Lipinski definition) is 2. The first-order valence-corrected chi connectivity index (χ1v) is 7.01. The quantitative estimate of drug-likeness (QED) is 0.725. The third-order valence-electron chi connectivity index (χ3n) is 2.10. The van der Waals surface area contributed by atoms with Gasteiger partial charge in [-0.1, -0.05) is 20.8 Å². The molecule has 1 unspecified atom stereocenters. The summed E-state index contributed by atoms with van der Waals surface area (Å²) in [5, 5.41) is 0. The lowest BCUT2D eigenvalue weighted by molar-refractivity contribution is 0.395. The Morgan fingerprint density at radius 1 is 1.33 bits per heavy atom. The van der Waals surface area contributed by atoms with Crippen LogP contribution < -0.4 is 10.5 Å². The molecule has 0 spiro atoms. The van der Waals surface area contributed by atoms with E-state index in [2.05, 4.69) is 4.72 Å². The van der Waals surface area contributed by atoms with Crippen LogP contribution in [0.4, 0.5) is 0 Å². The van der Waals surface area contributed by atoms with Gasteiger partial charge in [0.25, 0.3) is 0 Å².